The predicted molar refractivity (Wildman–Crippen MR) is 80.6 cm³/mol. The van der Waals surface area contributed by atoms with E-state index in [2.05, 4.69) is 6.92 Å². The average Bonchev–Trinajstić information content (AvgIpc) is 2.46. The van der Waals surface area contributed by atoms with E-state index in [1.54, 1.807) is 0 Å². The summed E-state index contributed by atoms with van der Waals surface area (Å²) in [6.07, 6.45) is 7.90. The van der Waals surface area contributed by atoms with Gasteiger partial charge in [0.05, 0.1) is 12.7 Å². The lowest BCUT2D eigenvalue weighted by atomic mass is 10.1. The third-order valence-corrected chi connectivity index (χ3v) is 3.42. The van der Waals surface area contributed by atoms with E-state index < -0.39 is 6.10 Å². The van der Waals surface area contributed by atoms with Crippen molar-refractivity contribution in [3.63, 3.8) is 0 Å². The van der Waals surface area contributed by atoms with E-state index in [0.29, 0.717) is 0 Å². The van der Waals surface area contributed by atoms with Gasteiger partial charge in [0.15, 0.2) is 0 Å². The number of benzene rings is 1. The maximum absolute atomic E-state index is 9.93. The van der Waals surface area contributed by atoms with Gasteiger partial charge in [0.25, 0.3) is 0 Å². The zero-order chi connectivity index (χ0) is 13.9. The Labute approximate surface area is 117 Å². The minimum Gasteiger partial charge on any atom is -0.493 e. The summed E-state index contributed by atoms with van der Waals surface area (Å²) in [5.74, 6) is 0.838. The van der Waals surface area contributed by atoms with Crippen LogP contribution in [0, 0.1) is 0 Å². The van der Waals surface area contributed by atoms with Crippen LogP contribution in [0.25, 0.3) is 0 Å². The zero-order valence-electron chi connectivity index (χ0n) is 12.4. The smallest absolute Gasteiger partial charge is 0.125 e. The van der Waals surface area contributed by atoms with Crippen LogP contribution in [-0.4, -0.2) is 11.7 Å². The van der Waals surface area contributed by atoms with Crippen molar-refractivity contribution in [2.45, 2.75) is 64.9 Å². The Hall–Kier alpha value is -1.02. The lowest BCUT2D eigenvalue weighted by Crippen LogP contribution is -2.03. The first-order chi connectivity index (χ1) is 9.29. The second-order valence-corrected chi connectivity index (χ2v) is 5.08. The van der Waals surface area contributed by atoms with E-state index in [1.165, 1.54) is 32.1 Å². The van der Waals surface area contributed by atoms with Crippen molar-refractivity contribution in [2.24, 2.45) is 0 Å². The van der Waals surface area contributed by atoms with E-state index >= 15 is 0 Å². The maximum atomic E-state index is 9.93. The minimum absolute atomic E-state index is 0.416. The summed E-state index contributed by atoms with van der Waals surface area (Å²) >= 11 is 0. The van der Waals surface area contributed by atoms with Crippen LogP contribution in [0.15, 0.2) is 24.3 Å². The number of rotatable bonds is 10. The second kappa shape index (κ2) is 9.85. The van der Waals surface area contributed by atoms with E-state index in [-0.39, 0.29) is 0 Å². The standard InChI is InChI=1S/C17H28O2/c1-3-5-6-7-8-11-14-19-17-13-10-9-12-15(17)16(18)4-2/h9-10,12-13,16,18H,3-8,11,14H2,1-2H3/t16-/m1/s1. The summed E-state index contributed by atoms with van der Waals surface area (Å²) in [4.78, 5) is 0. The second-order valence-electron chi connectivity index (χ2n) is 5.08. The van der Waals surface area contributed by atoms with Crippen molar-refractivity contribution >= 4 is 0 Å². The van der Waals surface area contributed by atoms with Crippen LogP contribution in [0.3, 0.4) is 0 Å². The van der Waals surface area contributed by atoms with Gasteiger partial charge in [-0.1, -0.05) is 64.2 Å². The van der Waals surface area contributed by atoms with E-state index in [1.807, 2.05) is 31.2 Å². The molecule has 0 fully saturated rings. The molecule has 1 N–H and O–H groups in total. The molecular formula is C17H28O2. The Bertz CT molecular complexity index is 336. The molecule has 1 aromatic rings. The molecule has 0 aliphatic carbocycles. The molecule has 0 aromatic heterocycles. The lowest BCUT2D eigenvalue weighted by molar-refractivity contribution is 0.167. The fraction of sp³-hybridized carbons (Fsp3) is 0.647. The molecule has 19 heavy (non-hydrogen) atoms. The summed E-state index contributed by atoms with van der Waals surface area (Å²) in [6, 6.07) is 7.81. The highest BCUT2D eigenvalue weighted by molar-refractivity contribution is 5.34. The van der Waals surface area contributed by atoms with Gasteiger partial charge in [0.2, 0.25) is 0 Å². The Morgan fingerprint density at radius 2 is 1.68 bits per heavy atom. The van der Waals surface area contributed by atoms with Crippen LogP contribution < -0.4 is 4.74 Å². The first-order valence-electron chi connectivity index (χ1n) is 7.69. The monoisotopic (exact) mass is 264 g/mol. The van der Waals surface area contributed by atoms with Crippen molar-refractivity contribution in [1.29, 1.82) is 0 Å². The quantitative estimate of drug-likeness (QED) is 0.611. The fourth-order valence-corrected chi connectivity index (χ4v) is 2.17. The van der Waals surface area contributed by atoms with Crippen LogP contribution in [0.5, 0.6) is 5.75 Å². The van der Waals surface area contributed by atoms with Crippen LogP contribution in [0.2, 0.25) is 0 Å². The number of hydrogen-bond acceptors (Lipinski definition) is 2. The molecule has 1 rings (SSSR count). The van der Waals surface area contributed by atoms with Gasteiger partial charge < -0.3 is 9.84 Å². The molecule has 1 atom stereocenters. The third-order valence-electron chi connectivity index (χ3n) is 3.42. The summed E-state index contributed by atoms with van der Waals surface area (Å²) < 4.78 is 5.81. The van der Waals surface area contributed by atoms with Gasteiger partial charge in [-0.2, -0.15) is 0 Å². The van der Waals surface area contributed by atoms with Crippen LogP contribution >= 0.6 is 0 Å². The van der Waals surface area contributed by atoms with Gasteiger partial charge in [0, 0.05) is 5.56 Å². The number of aliphatic hydroxyl groups excluding tert-OH is 1. The molecule has 0 saturated heterocycles. The van der Waals surface area contributed by atoms with Gasteiger partial charge in [-0.05, 0) is 18.9 Å². The Morgan fingerprint density at radius 1 is 1.00 bits per heavy atom. The number of unbranched alkanes of at least 4 members (excludes halogenated alkanes) is 5. The lowest BCUT2D eigenvalue weighted by Gasteiger charge is -2.14. The van der Waals surface area contributed by atoms with Gasteiger partial charge in [-0.3, -0.25) is 0 Å². The summed E-state index contributed by atoms with van der Waals surface area (Å²) in [6.45, 7) is 4.97. The Balaban J connectivity index is 2.29. The van der Waals surface area contributed by atoms with Gasteiger partial charge in [-0.15, -0.1) is 0 Å². The number of para-hydroxylation sites is 1. The van der Waals surface area contributed by atoms with Gasteiger partial charge in [-0.25, -0.2) is 0 Å². The first kappa shape index (κ1) is 16.0. The maximum Gasteiger partial charge on any atom is 0.125 e. The molecule has 0 aliphatic rings. The van der Waals surface area contributed by atoms with Crippen molar-refractivity contribution in [2.75, 3.05) is 6.61 Å². The molecule has 1 aromatic carbocycles. The molecule has 0 amide bonds. The average molecular weight is 264 g/mol. The van der Waals surface area contributed by atoms with E-state index in [0.717, 1.165) is 30.8 Å². The van der Waals surface area contributed by atoms with Crippen LogP contribution in [0.1, 0.15) is 70.5 Å². The third kappa shape index (κ3) is 6.11. The van der Waals surface area contributed by atoms with Crippen molar-refractivity contribution < 1.29 is 9.84 Å². The van der Waals surface area contributed by atoms with Crippen molar-refractivity contribution in [3.05, 3.63) is 29.8 Å². The largest absolute Gasteiger partial charge is 0.493 e. The molecule has 0 unspecified atom stereocenters. The summed E-state index contributed by atoms with van der Waals surface area (Å²) in [5, 5.41) is 9.93. The zero-order valence-corrected chi connectivity index (χ0v) is 12.4. The van der Waals surface area contributed by atoms with Gasteiger partial charge in [0.1, 0.15) is 5.75 Å². The molecule has 0 saturated carbocycles. The molecule has 2 heteroatoms. The highest BCUT2D eigenvalue weighted by Crippen LogP contribution is 2.27. The molecule has 0 spiro atoms. The Morgan fingerprint density at radius 3 is 2.42 bits per heavy atom. The molecular weight excluding hydrogens is 236 g/mol. The molecule has 0 radical (unpaired) electrons. The van der Waals surface area contributed by atoms with Crippen LogP contribution in [0.4, 0.5) is 0 Å². The number of ether oxygens (including phenoxy) is 1. The topological polar surface area (TPSA) is 29.5 Å². The van der Waals surface area contributed by atoms with Crippen molar-refractivity contribution in [1.82, 2.24) is 0 Å². The normalized spacial score (nSPS) is 12.4. The molecule has 0 aliphatic heterocycles. The minimum atomic E-state index is -0.416. The Kier molecular flexibility index (Phi) is 8.31. The first-order valence-corrected chi connectivity index (χ1v) is 7.69. The van der Waals surface area contributed by atoms with Gasteiger partial charge >= 0.3 is 0 Å². The number of hydrogen-bond donors (Lipinski definition) is 1. The van der Waals surface area contributed by atoms with Crippen LogP contribution in [-0.2, 0) is 0 Å². The predicted octanol–water partition coefficient (Wildman–Crippen LogP) is 4.87. The highest BCUT2D eigenvalue weighted by Gasteiger charge is 2.10. The fourth-order valence-electron chi connectivity index (χ4n) is 2.17. The summed E-state index contributed by atoms with van der Waals surface area (Å²) in [5.41, 5.74) is 0.913. The molecule has 0 heterocycles. The molecule has 2 nitrogen and oxygen atoms in total. The SMILES string of the molecule is CCCCCCCCOc1ccccc1[C@H](O)CC. The van der Waals surface area contributed by atoms with E-state index in [4.69, 9.17) is 4.74 Å². The molecule has 0 bridgehead atoms. The molecule has 108 valence electrons. The highest BCUT2D eigenvalue weighted by atomic mass is 16.5. The van der Waals surface area contributed by atoms with E-state index in [9.17, 15) is 5.11 Å². The number of aliphatic hydroxyl groups is 1. The van der Waals surface area contributed by atoms with Crippen molar-refractivity contribution in [3.8, 4) is 5.75 Å². The summed E-state index contributed by atoms with van der Waals surface area (Å²) in [7, 11) is 0.